The Bertz CT molecular complexity index is 279. The summed E-state index contributed by atoms with van der Waals surface area (Å²) in [6.07, 6.45) is 1.68. The van der Waals surface area contributed by atoms with Crippen LogP contribution in [0.4, 0.5) is 4.39 Å². The van der Waals surface area contributed by atoms with Crippen molar-refractivity contribution in [3.8, 4) is 0 Å². The Morgan fingerprint density at radius 2 is 2.00 bits per heavy atom. The summed E-state index contributed by atoms with van der Waals surface area (Å²) in [6, 6.07) is 5.96. The summed E-state index contributed by atoms with van der Waals surface area (Å²) < 4.78 is 12.4. The van der Waals surface area contributed by atoms with Crippen LogP contribution in [0, 0.1) is 5.82 Å². The van der Waals surface area contributed by atoms with E-state index in [1.165, 1.54) is 12.1 Å². The normalized spacial score (nSPS) is 11.8. The van der Waals surface area contributed by atoms with Gasteiger partial charge in [0.1, 0.15) is 5.82 Å². The molecule has 0 aliphatic heterocycles. The average molecular weight is 186 g/mol. The summed E-state index contributed by atoms with van der Waals surface area (Å²) in [7, 11) is 0. The molecule has 12 heavy (non-hydrogen) atoms. The van der Waals surface area contributed by atoms with Crippen LogP contribution in [0.25, 0.3) is 5.03 Å². The summed E-state index contributed by atoms with van der Waals surface area (Å²) in [6.45, 7) is 0.385. The Balaban J connectivity index is 2.89. The van der Waals surface area contributed by atoms with Gasteiger partial charge < -0.3 is 5.73 Å². The Morgan fingerprint density at radius 1 is 1.42 bits per heavy atom. The standard InChI is InChI=1S/C9H9ClFN/c10-9(5-6-12)7-1-3-8(11)4-2-7/h1-5H,6,12H2/b9-5-. The SMILES string of the molecule is NC/C=C(\Cl)c1ccc(F)cc1. The summed E-state index contributed by atoms with van der Waals surface area (Å²) in [5.74, 6) is -0.268. The van der Waals surface area contributed by atoms with Gasteiger partial charge in [-0.2, -0.15) is 0 Å². The number of nitrogens with two attached hydrogens (primary N) is 1. The molecule has 0 fully saturated rings. The maximum atomic E-state index is 12.4. The summed E-state index contributed by atoms with van der Waals surface area (Å²) >= 11 is 5.82. The van der Waals surface area contributed by atoms with Gasteiger partial charge in [0.15, 0.2) is 0 Å². The van der Waals surface area contributed by atoms with Crippen molar-refractivity contribution in [2.75, 3.05) is 6.54 Å². The fourth-order valence-electron chi connectivity index (χ4n) is 0.830. The zero-order chi connectivity index (χ0) is 8.97. The Labute approximate surface area is 75.6 Å². The van der Waals surface area contributed by atoms with Gasteiger partial charge in [0.05, 0.1) is 0 Å². The number of hydrogen-bond acceptors (Lipinski definition) is 1. The summed E-state index contributed by atoms with van der Waals surface area (Å²) in [4.78, 5) is 0. The summed E-state index contributed by atoms with van der Waals surface area (Å²) in [5, 5.41) is 0.553. The van der Waals surface area contributed by atoms with Crippen molar-refractivity contribution in [3.63, 3.8) is 0 Å². The highest BCUT2D eigenvalue weighted by Crippen LogP contribution is 2.17. The van der Waals surface area contributed by atoms with Gasteiger partial charge in [-0.05, 0) is 17.7 Å². The minimum absolute atomic E-state index is 0.268. The first-order valence-electron chi connectivity index (χ1n) is 3.55. The van der Waals surface area contributed by atoms with Crippen molar-refractivity contribution in [3.05, 3.63) is 41.7 Å². The molecule has 0 heterocycles. The van der Waals surface area contributed by atoms with E-state index in [0.29, 0.717) is 11.6 Å². The summed E-state index contributed by atoms with van der Waals surface area (Å²) in [5.41, 5.74) is 6.04. The highest BCUT2D eigenvalue weighted by Gasteiger charge is 1.96. The smallest absolute Gasteiger partial charge is 0.123 e. The lowest BCUT2D eigenvalue weighted by Crippen LogP contribution is -1.93. The van der Waals surface area contributed by atoms with Crippen molar-refractivity contribution in [2.24, 2.45) is 5.73 Å². The van der Waals surface area contributed by atoms with Crippen molar-refractivity contribution in [1.82, 2.24) is 0 Å². The fourth-order valence-corrected chi connectivity index (χ4v) is 1.05. The van der Waals surface area contributed by atoms with E-state index in [1.807, 2.05) is 0 Å². The lowest BCUT2D eigenvalue weighted by Gasteiger charge is -1.97. The van der Waals surface area contributed by atoms with Crippen LogP contribution in [0.2, 0.25) is 0 Å². The molecule has 1 aromatic carbocycles. The molecular formula is C9H9ClFN. The second-order valence-electron chi connectivity index (χ2n) is 2.29. The quantitative estimate of drug-likeness (QED) is 0.752. The molecule has 3 heteroatoms. The van der Waals surface area contributed by atoms with Crippen LogP contribution in [-0.4, -0.2) is 6.54 Å². The van der Waals surface area contributed by atoms with Crippen LogP contribution in [-0.2, 0) is 0 Å². The molecule has 2 N–H and O–H groups in total. The van der Waals surface area contributed by atoms with E-state index in [0.717, 1.165) is 5.56 Å². The van der Waals surface area contributed by atoms with Crippen molar-refractivity contribution in [2.45, 2.75) is 0 Å². The van der Waals surface area contributed by atoms with Gasteiger partial charge in [-0.25, -0.2) is 4.39 Å². The number of rotatable bonds is 2. The fraction of sp³-hybridized carbons (Fsp3) is 0.111. The Hall–Kier alpha value is -0.860. The molecule has 0 aromatic heterocycles. The molecule has 0 saturated carbocycles. The molecule has 1 nitrogen and oxygen atoms in total. The van der Waals surface area contributed by atoms with Crippen LogP contribution < -0.4 is 5.73 Å². The van der Waals surface area contributed by atoms with E-state index < -0.39 is 0 Å². The number of halogens is 2. The Kier molecular flexibility index (Phi) is 3.26. The van der Waals surface area contributed by atoms with E-state index in [9.17, 15) is 4.39 Å². The lowest BCUT2D eigenvalue weighted by molar-refractivity contribution is 0.627. The molecule has 0 saturated heterocycles. The van der Waals surface area contributed by atoms with E-state index in [4.69, 9.17) is 17.3 Å². The van der Waals surface area contributed by atoms with Crippen LogP contribution in [0.5, 0.6) is 0 Å². The van der Waals surface area contributed by atoms with E-state index in [1.54, 1.807) is 18.2 Å². The van der Waals surface area contributed by atoms with Gasteiger partial charge in [0.2, 0.25) is 0 Å². The highest BCUT2D eigenvalue weighted by molar-refractivity contribution is 6.48. The number of benzene rings is 1. The van der Waals surface area contributed by atoms with E-state index >= 15 is 0 Å². The first-order valence-corrected chi connectivity index (χ1v) is 3.93. The molecule has 0 radical (unpaired) electrons. The molecule has 0 amide bonds. The lowest BCUT2D eigenvalue weighted by atomic mass is 10.2. The molecule has 1 aromatic rings. The third-order valence-electron chi connectivity index (χ3n) is 1.42. The first-order chi connectivity index (χ1) is 5.74. The van der Waals surface area contributed by atoms with E-state index in [-0.39, 0.29) is 5.82 Å². The zero-order valence-electron chi connectivity index (χ0n) is 6.43. The van der Waals surface area contributed by atoms with Gasteiger partial charge in [-0.1, -0.05) is 29.8 Å². The molecule has 64 valence electrons. The maximum absolute atomic E-state index is 12.4. The van der Waals surface area contributed by atoms with Crippen molar-refractivity contribution in [1.29, 1.82) is 0 Å². The third kappa shape index (κ3) is 2.32. The topological polar surface area (TPSA) is 26.0 Å². The second kappa shape index (κ2) is 4.24. The molecule has 0 aliphatic carbocycles. The third-order valence-corrected chi connectivity index (χ3v) is 1.79. The van der Waals surface area contributed by atoms with Gasteiger partial charge in [-0.3, -0.25) is 0 Å². The molecule has 0 bridgehead atoms. The minimum Gasteiger partial charge on any atom is -0.327 e. The predicted molar refractivity (Wildman–Crippen MR) is 49.3 cm³/mol. The van der Waals surface area contributed by atoms with Gasteiger partial charge in [0.25, 0.3) is 0 Å². The molecule has 1 rings (SSSR count). The van der Waals surface area contributed by atoms with Crippen molar-refractivity contribution >= 4 is 16.6 Å². The molecule has 0 aliphatic rings. The average Bonchev–Trinajstić information content (AvgIpc) is 2.06. The maximum Gasteiger partial charge on any atom is 0.123 e. The van der Waals surface area contributed by atoms with Crippen LogP contribution in [0.1, 0.15) is 5.56 Å². The molecular weight excluding hydrogens is 177 g/mol. The molecule has 0 unspecified atom stereocenters. The largest absolute Gasteiger partial charge is 0.327 e. The van der Waals surface area contributed by atoms with Crippen molar-refractivity contribution < 1.29 is 4.39 Å². The van der Waals surface area contributed by atoms with Gasteiger partial charge >= 0.3 is 0 Å². The second-order valence-corrected chi connectivity index (χ2v) is 2.70. The van der Waals surface area contributed by atoms with Crippen LogP contribution in [0.15, 0.2) is 30.3 Å². The Morgan fingerprint density at radius 3 is 2.50 bits per heavy atom. The van der Waals surface area contributed by atoms with E-state index in [2.05, 4.69) is 0 Å². The molecule has 0 spiro atoms. The highest BCUT2D eigenvalue weighted by atomic mass is 35.5. The van der Waals surface area contributed by atoms with Gasteiger partial charge in [-0.15, -0.1) is 0 Å². The minimum atomic E-state index is -0.268. The van der Waals surface area contributed by atoms with Gasteiger partial charge in [0, 0.05) is 11.6 Å². The zero-order valence-corrected chi connectivity index (χ0v) is 7.18. The first kappa shape index (κ1) is 9.23. The van der Waals surface area contributed by atoms with Crippen LogP contribution in [0.3, 0.4) is 0 Å². The van der Waals surface area contributed by atoms with Crippen LogP contribution >= 0.6 is 11.6 Å². The predicted octanol–water partition coefficient (Wildman–Crippen LogP) is 2.36. The number of hydrogen-bond donors (Lipinski definition) is 1. The molecule has 0 atom stereocenters. The monoisotopic (exact) mass is 185 g/mol.